The highest BCUT2D eigenvalue weighted by Gasteiger charge is 2.08. The standard InChI is InChI=1S/C18H17N3O4/c1-20-16(11-17(22)21(24)18(20)23)19-14-8-6-12(7-9-14)13-4-3-5-15(10-13)25-2/h3-11,19,24H,1-2H3. The predicted octanol–water partition coefficient (Wildman–Crippen LogP) is 2.20. The lowest BCUT2D eigenvalue weighted by molar-refractivity contribution is 0.156. The van der Waals surface area contributed by atoms with Crippen LogP contribution in [0.3, 0.4) is 0 Å². The second kappa shape index (κ2) is 6.56. The molecule has 7 nitrogen and oxygen atoms in total. The van der Waals surface area contributed by atoms with Crippen molar-refractivity contribution in [2.24, 2.45) is 7.05 Å². The number of rotatable bonds is 4. The lowest BCUT2D eigenvalue weighted by atomic mass is 10.1. The zero-order valence-corrected chi connectivity index (χ0v) is 13.8. The van der Waals surface area contributed by atoms with Crippen molar-refractivity contribution < 1.29 is 9.94 Å². The molecule has 0 bridgehead atoms. The van der Waals surface area contributed by atoms with E-state index in [1.54, 1.807) is 7.11 Å². The Labute approximate surface area is 143 Å². The lowest BCUT2D eigenvalue weighted by Crippen LogP contribution is -2.37. The summed E-state index contributed by atoms with van der Waals surface area (Å²) in [7, 11) is 3.08. The Kier molecular flexibility index (Phi) is 4.30. The van der Waals surface area contributed by atoms with Gasteiger partial charge >= 0.3 is 5.69 Å². The van der Waals surface area contributed by atoms with Crippen LogP contribution in [0, 0.1) is 0 Å². The Morgan fingerprint density at radius 1 is 1.00 bits per heavy atom. The van der Waals surface area contributed by atoms with Crippen molar-refractivity contribution in [3.05, 3.63) is 75.4 Å². The highest BCUT2D eigenvalue weighted by Crippen LogP contribution is 2.25. The summed E-state index contributed by atoms with van der Waals surface area (Å²) in [5.41, 5.74) is 1.11. The van der Waals surface area contributed by atoms with Gasteiger partial charge < -0.3 is 15.3 Å². The van der Waals surface area contributed by atoms with Gasteiger partial charge in [-0.25, -0.2) is 4.79 Å². The van der Waals surface area contributed by atoms with Gasteiger partial charge in [-0.1, -0.05) is 29.0 Å². The number of methoxy groups -OCH3 is 1. The molecule has 2 N–H and O–H groups in total. The minimum atomic E-state index is -0.817. The van der Waals surface area contributed by atoms with Crippen LogP contribution < -0.4 is 21.3 Å². The van der Waals surface area contributed by atoms with Crippen LogP contribution in [0.4, 0.5) is 11.5 Å². The zero-order valence-electron chi connectivity index (χ0n) is 13.8. The second-order valence-corrected chi connectivity index (χ2v) is 5.46. The number of ether oxygens (including phenoxy) is 1. The summed E-state index contributed by atoms with van der Waals surface area (Å²) in [6.45, 7) is 0. The van der Waals surface area contributed by atoms with E-state index >= 15 is 0 Å². The van der Waals surface area contributed by atoms with E-state index in [4.69, 9.17) is 4.74 Å². The molecule has 0 fully saturated rings. The minimum Gasteiger partial charge on any atom is -0.497 e. The molecular formula is C18H17N3O4. The molecule has 3 rings (SSSR count). The Morgan fingerprint density at radius 2 is 1.72 bits per heavy atom. The maximum absolute atomic E-state index is 11.7. The summed E-state index contributed by atoms with van der Waals surface area (Å²) in [4.78, 5) is 23.3. The Balaban J connectivity index is 1.89. The van der Waals surface area contributed by atoms with E-state index in [0.717, 1.165) is 27.5 Å². The molecule has 2 aromatic carbocycles. The lowest BCUT2D eigenvalue weighted by Gasteiger charge is -2.12. The molecule has 0 aliphatic heterocycles. The summed E-state index contributed by atoms with van der Waals surface area (Å²) < 4.78 is 6.44. The molecule has 0 amide bonds. The molecule has 0 saturated carbocycles. The van der Waals surface area contributed by atoms with Crippen molar-refractivity contribution in [1.82, 2.24) is 9.30 Å². The third kappa shape index (κ3) is 3.25. The highest BCUT2D eigenvalue weighted by atomic mass is 16.5. The number of anilines is 2. The van der Waals surface area contributed by atoms with Gasteiger partial charge in [-0.2, -0.15) is 0 Å². The van der Waals surface area contributed by atoms with Crippen molar-refractivity contribution in [3.8, 4) is 16.9 Å². The van der Waals surface area contributed by atoms with Crippen LogP contribution >= 0.6 is 0 Å². The fourth-order valence-corrected chi connectivity index (χ4v) is 2.43. The van der Waals surface area contributed by atoms with Gasteiger partial charge in [0.05, 0.1) is 7.11 Å². The smallest absolute Gasteiger partial charge is 0.365 e. The second-order valence-electron chi connectivity index (χ2n) is 5.46. The van der Waals surface area contributed by atoms with E-state index in [-0.39, 0.29) is 10.5 Å². The van der Waals surface area contributed by atoms with Gasteiger partial charge in [0.15, 0.2) is 0 Å². The number of nitrogens with zero attached hydrogens (tertiary/aromatic N) is 2. The molecule has 1 heterocycles. The fourth-order valence-electron chi connectivity index (χ4n) is 2.43. The van der Waals surface area contributed by atoms with Crippen molar-refractivity contribution >= 4 is 11.5 Å². The molecule has 0 radical (unpaired) electrons. The molecular weight excluding hydrogens is 322 g/mol. The third-order valence-corrected chi connectivity index (χ3v) is 3.86. The molecule has 0 unspecified atom stereocenters. The summed E-state index contributed by atoms with van der Waals surface area (Å²) in [5.74, 6) is 1.06. The summed E-state index contributed by atoms with van der Waals surface area (Å²) in [6.07, 6.45) is 0. The van der Waals surface area contributed by atoms with Crippen molar-refractivity contribution in [3.63, 3.8) is 0 Å². The number of benzene rings is 2. The normalized spacial score (nSPS) is 10.5. The van der Waals surface area contributed by atoms with E-state index in [0.29, 0.717) is 5.69 Å². The SMILES string of the molecule is COc1cccc(-c2ccc(Nc3cc(=O)n(O)c(=O)n3C)cc2)c1. The van der Waals surface area contributed by atoms with Crippen molar-refractivity contribution in [2.75, 3.05) is 12.4 Å². The largest absolute Gasteiger partial charge is 0.497 e. The zero-order chi connectivity index (χ0) is 18.0. The summed E-state index contributed by atoms with van der Waals surface area (Å²) >= 11 is 0. The molecule has 0 saturated heterocycles. The van der Waals surface area contributed by atoms with Crippen LogP contribution in [0.25, 0.3) is 11.1 Å². The Bertz CT molecular complexity index is 1020. The molecule has 25 heavy (non-hydrogen) atoms. The Hall–Kier alpha value is -3.48. The van der Waals surface area contributed by atoms with Crippen LogP contribution in [-0.2, 0) is 7.05 Å². The Morgan fingerprint density at radius 3 is 2.40 bits per heavy atom. The van der Waals surface area contributed by atoms with Crippen LogP contribution in [0.5, 0.6) is 5.75 Å². The number of nitrogens with one attached hydrogen (secondary N) is 1. The van der Waals surface area contributed by atoms with E-state index in [2.05, 4.69) is 5.32 Å². The summed E-state index contributed by atoms with van der Waals surface area (Å²) in [5, 5.41) is 12.3. The molecule has 3 aromatic rings. The predicted molar refractivity (Wildman–Crippen MR) is 94.8 cm³/mol. The molecule has 7 heteroatoms. The molecule has 128 valence electrons. The molecule has 0 spiro atoms. The van der Waals surface area contributed by atoms with Crippen LogP contribution in [0.15, 0.2) is 64.2 Å². The van der Waals surface area contributed by atoms with E-state index in [1.807, 2.05) is 48.5 Å². The van der Waals surface area contributed by atoms with Gasteiger partial charge in [0.25, 0.3) is 5.56 Å². The van der Waals surface area contributed by atoms with Crippen LogP contribution in [-0.4, -0.2) is 21.6 Å². The minimum absolute atomic E-state index is 0.0665. The first-order chi connectivity index (χ1) is 12.0. The average Bonchev–Trinajstić information content (AvgIpc) is 2.65. The summed E-state index contributed by atoms with van der Waals surface area (Å²) in [6, 6.07) is 16.4. The van der Waals surface area contributed by atoms with Gasteiger partial charge in [0, 0.05) is 18.8 Å². The van der Waals surface area contributed by atoms with E-state index < -0.39 is 11.2 Å². The number of hydrogen-bond acceptors (Lipinski definition) is 5. The van der Waals surface area contributed by atoms with Gasteiger partial charge in [-0.3, -0.25) is 9.36 Å². The first kappa shape index (κ1) is 16.4. The van der Waals surface area contributed by atoms with Gasteiger partial charge in [0.1, 0.15) is 11.6 Å². The molecule has 0 aliphatic rings. The first-order valence-corrected chi connectivity index (χ1v) is 7.53. The van der Waals surface area contributed by atoms with E-state index in [1.165, 1.54) is 7.05 Å². The van der Waals surface area contributed by atoms with Gasteiger partial charge in [-0.15, -0.1) is 0 Å². The number of aromatic nitrogens is 2. The monoisotopic (exact) mass is 339 g/mol. The molecule has 1 aromatic heterocycles. The first-order valence-electron chi connectivity index (χ1n) is 7.53. The average molecular weight is 339 g/mol. The van der Waals surface area contributed by atoms with Crippen molar-refractivity contribution in [2.45, 2.75) is 0 Å². The molecule has 0 aliphatic carbocycles. The van der Waals surface area contributed by atoms with E-state index in [9.17, 15) is 14.8 Å². The fraction of sp³-hybridized carbons (Fsp3) is 0.111. The van der Waals surface area contributed by atoms with Gasteiger partial charge in [0.2, 0.25) is 0 Å². The highest BCUT2D eigenvalue weighted by molar-refractivity contribution is 5.68. The van der Waals surface area contributed by atoms with Crippen LogP contribution in [0.2, 0.25) is 0 Å². The maximum Gasteiger partial charge on any atom is 0.365 e. The van der Waals surface area contributed by atoms with Crippen LogP contribution in [0.1, 0.15) is 0 Å². The third-order valence-electron chi connectivity index (χ3n) is 3.86. The number of hydrogen-bond donors (Lipinski definition) is 2. The van der Waals surface area contributed by atoms with Crippen molar-refractivity contribution in [1.29, 1.82) is 0 Å². The maximum atomic E-state index is 11.7. The quantitative estimate of drug-likeness (QED) is 0.712. The topological polar surface area (TPSA) is 85.5 Å². The van der Waals surface area contributed by atoms with Gasteiger partial charge in [-0.05, 0) is 35.4 Å². The molecule has 0 atom stereocenters.